The number of halogens is 1. The molecule has 98 valence electrons. The Morgan fingerprint density at radius 1 is 1.35 bits per heavy atom. The molecule has 0 bridgehead atoms. The Hall–Kier alpha value is -0.540. The first-order valence-electron chi connectivity index (χ1n) is 6.57. The van der Waals surface area contributed by atoms with Gasteiger partial charge in [-0.25, -0.2) is 0 Å². The summed E-state index contributed by atoms with van der Waals surface area (Å²) >= 11 is 6.31. The van der Waals surface area contributed by atoms with Gasteiger partial charge in [0, 0.05) is 19.6 Å². The lowest BCUT2D eigenvalue weighted by atomic mass is 10.1. The maximum Gasteiger partial charge on any atom is 0.0863 e. The number of nitrogens with one attached hydrogen (secondary N) is 1. The molecule has 0 aromatic carbocycles. The molecule has 0 aliphatic carbocycles. The van der Waals surface area contributed by atoms with Crippen molar-refractivity contribution in [2.24, 2.45) is 7.05 Å². The highest BCUT2D eigenvalue weighted by atomic mass is 35.5. The van der Waals surface area contributed by atoms with Crippen LogP contribution in [0.3, 0.4) is 0 Å². The molecule has 1 atom stereocenters. The highest BCUT2D eigenvalue weighted by Gasteiger charge is 2.13. The predicted molar refractivity (Wildman–Crippen MR) is 73.4 cm³/mol. The average molecular weight is 258 g/mol. The van der Waals surface area contributed by atoms with Gasteiger partial charge in [0.05, 0.1) is 16.4 Å². The van der Waals surface area contributed by atoms with Gasteiger partial charge in [-0.1, -0.05) is 38.8 Å². The summed E-state index contributed by atoms with van der Waals surface area (Å²) in [5.41, 5.74) is 2.09. The molecule has 0 radical (unpaired) electrons. The zero-order valence-corrected chi connectivity index (χ0v) is 12.1. The minimum atomic E-state index is 0.580. The first-order valence-corrected chi connectivity index (χ1v) is 6.95. The molecule has 0 aliphatic rings. The fraction of sp³-hybridized carbons (Fsp3) is 0.769. The van der Waals surface area contributed by atoms with Crippen LogP contribution in [-0.4, -0.2) is 15.8 Å². The van der Waals surface area contributed by atoms with Crippen molar-refractivity contribution in [2.75, 3.05) is 0 Å². The summed E-state index contributed by atoms with van der Waals surface area (Å²) in [5, 5.41) is 8.81. The Morgan fingerprint density at radius 3 is 2.53 bits per heavy atom. The molecule has 0 aliphatic heterocycles. The summed E-state index contributed by atoms with van der Waals surface area (Å²) < 4.78 is 1.90. The van der Waals surface area contributed by atoms with Gasteiger partial charge in [0.2, 0.25) is 0 Å². The third kappa shape index (κ3) is 3.71. The highest BCUT2D eigenvalue weighted by Crippen LogP contribution is 2.20. The Labute approximate surface area is 110 Å². The number of aryl methyl sites for hydroxylation is 2. The summed E-state index contributed by atoms with van der Waals surface area (Å²) in [6, 6.07) is 0.580. The molecule has 1 heterocycles. The highest BCUT2D eigenvalue weighted by molar-refractivity contribution is 6.31. The molecular formula is C13H24ClN3. The molecule has 1 aromatic heterocycles. The monoisotopic (exact) mass is 257 g/mol. The van der Waals surface area contributed by atoms with E-state index in [1.54, 1.807) is 0 Å². The number of hydrogen-bond donors (Lipinski definition) is 1. The molecule has 0 amide bonds. The van der Waals surface area contributed by atoms with Gasteiger partial charge in [-0.2, -0.15) is 5.10 Å². The quantitative estimate of drug-likeness (QED) is 0.812. The minimum Gasteiger partial charge on any atom is -0.308 e. The standard InChI is InChI=1S/C13H24ClN3/c1-5-8-10(6-2)15-9-12-13(14)11(7-3)16-17(12)4/h10,15H,5-9H2,1-4H3. The average Bonchev–Trinajstić information content (AvgIpc) is 2.60. The van der Waals surface area contributed by atoms with Crippen molar-refractivity contribution in [1.29, 1.82) is 0 Å². The normalized spacial score (nSPS) is 13.0. The fourth-order valence-corrected chi connectivity index (χ4v) is 2.41. The van der Waals surface area contributed by atoms with Crippen molar-refractivity contribution < 1.29 is 0 Å². The van der Waals surface area contributed by atoms with Crippen molar-refractivity contribution in [3.8, 4) is 0 Å². The maximum absolute atomic E-state index is 6.31. The zero-order chi connectivity index (χ0) is 12.8. The van der Waals surface area contributed by atoms with Crippen molar-refractivity contribution in [3.05, 3.63) is 16.4 Å². The van der Waals surface area contributed by atoms with E-state index in [9.17, 15) is 0 Å². The topological polar surface area (TPSA) is 29.9 Å². The van der Waals surface area contributed by atoms with E-state index in [1.807, 2.05) is 11.7 Å². The van der Waals surface area contributed by atoms with Crippen LogP contribution in [0.5, 0.6) is 0 Å². The second-order valence-corrected chi connectivity index (χ2v) is 4.84. The third-order valence-electron chi connectivity index (χ3n) is 3.19. The van der Waals surface area contributed by atoms with Gasteiger partial charge in [0.15, 0.2) is 0 Å². The third-order valence-corrected chi connectivity index (χ3v) is 3.63. The zero-order valence-electron chi connectivity index (χ0n) is 11.4. The summed E-state index contributed by atoms with van der Waals surface area (Å²) in [6.07, 6.45) is 4.47. The molecule has 0 spiro atoms. The smallest absolute Gasteiger partial charge is 0.0863 e. The van der Waals surface area contributed by atoms with Crippen LogP contribution in [0.2, 0.25) is 5.02 Å². The molecule has 0 saturated carbocycles. The van der Waals surface area contributed by atoms with Crippen LogP contribution in [0.25, 0.3) is 0 Å². The van der Waals surface area contributed by atoms with Gasteiger partial charge < -0.3 is 5.32 Å². The van der Waals surface area contributed by atoms with Crippen LogP contribution in [0.4, 0.5) is 0 Å². The van der Waals surface area contributed by atoms with Crippen LogP contribution < -0.4 is 5.32 Å². The minimum absolute atomic E-state index is 0.580. The van der Waals surface area contributed by atoms with Crippen LogP contribution in [0.15, 0.2) is 0 Å². The fourth-order valence-electron chi connectivity index (χ4n) is 2.05. The van der Waals surface area contributed by atoms with E-state index in [-0.39, 0.29) is 0 Å². The van der Waals surface area contributed by atoms with Gasteiger partial charge >= 0.3 is 0 Å². The molecule has 3 nitrogen and oxygen atoms in total. The molecule has 1 aromatic rings. The SMILES string of the molecule is CCCC(CC)NCc1c(Cl)c(CC)nn1C. The Bertz CT molecular complexity index is 347. The van der Waals surface area contributed by atoms with Crippen LogP contribution in [-0.2, 0) is 20.0 Å². The lowest BCUT2D eigenvalue weighted by Gasteiger charge is -2.16. The van der Waals surface area contributed by atoms with Gasteiger partial charge in [-0.3, -0.25) is 4.68 Å². The molecule has 17 heavy (non-hydrogen) atoms. The number of hydrogen-bond acceptors (Lipinski definition) is 2. The van der Waals surface area contributed by atoms with Crippen molar-refractivity contribution in [2.45, 2.75) is 59.0 Å². The van der Waals surface area contributed by atoms with E-state index in [0.29, 0.717) is 6.04 Å². The molecule has 0 saturated heterocycles. The van der Waals surface area contributed by atoms with Crippen molar-refractivity contribution >= 4 is 11.6 Å². The van der Waals surface area contributed by atoms with Gasteiger partial charge in [-0.05, 0) is 19.3 Å². The summed E-state index contributed by atoms with van der Waals surface area (Å²) in [5.74, 6) is 0. The summed E-state index contributed by atoms with van der Waals surface area (Å²) in [7, 11) is 1.96. The molecule has 1 rings (SSSR count). The molecular weight excluding hydrogens is 234 g/mol. The summed E-state index contributed by atoms with van der Waals surface area (Å²) in [4.78, 5) is 0. The van der Waals surface area contributed by atoms with Gasteiger partial charge in [0.1, 0.15) is 0 Å². The lowest BCUT2D eigenvalue weighted by molar-refractivity contribution is 0.453. The Morgan fingerprint density at radius 2 is 2.06 bits per heavy atom. The van der Waals surface area contributed by atoms with Gasteiger partial charge in [0.25, 0.3) is 0 Å². The van der Waals surface area contributed by atoms with E-state index in [2.05, 4.69) is 31.2 Å². The van der Waals surface area contributed by atoms with E-state index >= 15 is 0 Å². The first-order chi connectivity index (χ1) is 8.13. The molecule has 0 fully saturated rings. The molecule has 4 heteroatoms. The van der Waals surface area contributed by atoms with Crippen LogP contribution >= 0.6 is 11.6 Å². The number of rotatable bonds is 7. The predicted octanol–water partition coefficient (Wildman–Crippen LogP) is 3.30. The van der Waals surface area contributed by atoms with E-state index in [1.165, 1.54) is 12.8 Å². The van der Waals surface area contributed by atoms with E-state index in [0.717, 1.165) is 35.8 Å². The van der Waals surface area contributed by atoms with Crippen LogP contribution in [0, 0.1) is 0 Å². The van der Waals surface area contributed by atoms with Gasteiger partial charge in [-0.15, -0.1) is 0 Å². The number of nitrogens with zero attached hydrogens (tertiary/aromatic N) is 2. The second-order valence-electron chi connectivity index (χ2n) is 4.46. The molecule has 1 unspecified atom stereocenters. The van der Waals surface area contributed by atoms with E-state index < -0.39 is 0 Å². The largest absolute Gasteiger partial charge is 0.308 e. The van der Waals surface area contributed by atoms with Crippen molar-refractivity contribution in [3.63, 3.8) is 0 Å². The second kappa shape index (κ2) is 7.02. The molecule has 1 N–H and O–H groups in total. The number of aromatic nitrogens is 2. The van der Waals surface area contributed by atoms with Crippen molar-refractivity contribution in [1.82, 2.24) is 15.1 Å². The van der Waals surface area contributed by atoms with E-state index in [4.69, 9.17) is 11.6 Å². The Kier molecular flexibility index (Phi) is 6.00. The van der Waals surface area contributed by atoms with Crippen LogP contribution in [0.1, 0.15) is 51.4 Å². The maximum atomic E-state index is 6.31. The summed E-state index contributed by atoms with van der Waals surface area (Å²) in [6.45, 7) is 7.32. The first kappa shape index (κ1) is 14.5. The lowest BCUT2D eigenvalue weighted by Crippen LogP contribution is -2.28. The Balaban J connectivity index is 2.65.